The highest BCUT2D eigenvalue weighted by Crippen LogP contribution is 2.52. The summed E-state index contributed by atoms with van der Waals surface area (Å²) in [6.45, 7) is 5.16. The fourth-order valence-electron chi connectivity index (χ4n) is 10.8. The van der Waals surface area contributed by atoms with Gasteiger partial charge in [-0.1, -0.05) is 97.3 Å². The molecular weight excluding hydrogens is 833 g/mol. The molecule has 4 aromatic carbocycles. The van der Waals surface area contributed by atoms with E-state index >= 15 is 0 Å². The number of allylic oxidation sites excluding steroid dienone is 1. The van der Waals surface area contributed by atoms with Crippen molar-refractivity contribution in [1.29, 1.82) is 0 Å². The van der Waals surface area contributed by atoms with Crippen LogP contribution in [0.3, 0.4) is 0 Å². The highest BCUT2D eigenvalue weighted by Gasteiger charge is 2.57. The first-order valence-corrected chi connectivity index (χ1v) is 23.8. The summed E-state index contributed by atoms with van der Waals surface area (Å²) in [5.74, 6) is -1.34. The first kappa shape index (κ1) is 47.0. The molecule has 0 amide bonds. The maximum absolute atomic E-state index is 14.9. The fourth-order valence-corrected chi connectivity index (χ4v) is 10.8. The maximum Gasteiger partial charge on any atom is 0.340 e. The van der Waals surface area contributed by atoms with E-state index < -0.39 is 47.9 Å². The third-order valence-corrected chi connectivity index (χ3v) is 14.3. The molecule has 5 aromatic rings. The number of fused-ring (bicyclic) bond motifs is 13. The molecule has 0 saturated heterocycles. The second-order valence-corrected chi connectivity index (χ2v) is 19.1. The van der Waals surface area contributed by atoms with E-state index in [2.05, 4.69) is 72.8 Å². The average Bonchev–Trinajstić information content (AvgIpc) is 3.86. The molecule has 10 heteroatoms. The lowest BCUT2D eigenvalue weighted by Crippen LogP contribution is -2.58. The van der Waals surface area contributed by atoms with Crippen molar-refractivity contribution in [1.82, 2.24) is 0 Å². The van der Waals surface area contributed by atoms with E-state index in [4.69, 9.17) is 23.4 Å². The average molecular weight is 897 g/mol. The van der Waals surface area contributed by atoms with Crippen molar-refractivity contribution in [3.63, 3.8) is 0 Å². The maximum atomic E-state index is 14.9. The van der Waals surface area contributed by atoms with Gasteiger partial charge < -0.3 is 33.6 Å². The summed E-state index contributed by atoms with van der Waals surface area (Å²) in [7, 11) is 1.51. The Hall–Kier alpha value is -5.55. The van der Waals surface area contributed by atoms with E-state index in [-0.39, 0.29) is 54.6 Å². The Morgan fingerprint density at radius 1 is 0.833 bits per heavy atom. The van der Waals surface area contributed by atoms with Gasteiger partial charge in [0.2, 0.25) is 0 Å². The summed E-state index contributed by atoms with van der Waals surface area (Å²) in [6.07, 6.45) is 5.56. The second-order valence-electron chi connectivity index (χ2n) is 19.1. The number of carbonyl (C=O) groups is 2. The van der Waals surface area contributed by atoms with E-state index in [0.29, 0.717) is 41.5 Å². The summed E-state index contributed by atoms with van der Waals surface area (Å²) >= 11 is 0. The zero-order valence-electron chi connectivity index (χ0n) is 38.8. The van der Waals surface area contributed by atoms with Gasteiger partial charge >= 0.3 is 17.6 Å². The molecule has 1 aromatic heterocycles. The van der Waals surface area contributed by atoms with Crippen LogP contribution >= 0.6 is 0 Å². The van der Waals surface area contributed by atoms with Crippen LogP contribution in [0.2, 0.25) is 0 Å². The second kappa shape index (κ2) is 21.0. The number of hydrogen-bond donors (Lipinski definition) is 2. The molecule has 4 aliphatic rings. The standard InChI is InChI=1S/C56H64O10/c1-35(2)44-24-23-36-17-19-39(20-18-36)31-41(22-21-38-13-10-14-40(30-38)29-37-11-6-5-7-12-37)32-48(59)63-52-50-47(66-56(3,43-15-8-9-16-43)53(52)65-54(44)60)26-25-45-46(33-58)49(55(61)64-51(45)50)42(27-28-57)34-62-4/h5-7,10-14,17-20,25-26,30,41-43,52-53,57-58H,8-9,15-16,21-24,27-29,31-34H2,1-4H3/t41-,42-,52-,53+,56+/m1/s1. The van der Waals surface area contributed by atoms with Crippen molar-refractivity contribution in [2.24, 2.45) is 11.8 Å². The van der Waals surface area contributed by atoms with Gasteiger partial charge in [0.25, 0.3) is 0 Å². The van der Waals surface area contributed by atoms with Crippen LogP contribution in [0.15, 0.2) is 111 Å². The predicted octanol–water partition coefficient (Wildman–Crippen LogP) is 9.99. The van der Waals surface area contributed by atoms with Crippen LogP contribution in [0.25, 0.3) is 11.0 Å². The molecule has 0 radical (unpaired) electrons. The summed E-state index contributed by atoms with van der Waals surface area (Å²) in [4.78, 5) is 43.8. The predicted molar refractivity (Wildman–Crippen MR) is 253 cm³/mol. The van der Waals surface area contributed by atoms with Crippen LogP contribution < -0.4 is 10.4 Å². The summed E-state index contributed by atoms with van der Waals surface area (Å²) in [5, 5.41) is 21.3. The van der Waals surface area contributed by atoms with Crippen LogP contribution in [0.5, 0.6) is 5.75 Å². The van der Waals surface area contributed by atoms with Gasteiger partial charge in [0.15, 0.2) is 12.2 Å². The van der Waals surface area contributed by atoms with Crippen LogP contribution in [-0.4, -0.2) is 54.2 Å². The number of esters is 2. The Labute approximate surface area is 387 Å². The first-order chi connectivity index (χ1) is 32.0. The van der Waals surface area contributed by atoms with E-state index in [1.165, 1.54) is 23.8 Å². The molecule has 0 spiro atoms. The molecule has 5 atom stereocenters. The van der Waals surface area contributed by atoms with E-state index in [0.717, 1.165) is 61.6 Å². The van der Waals surface area contributed by atoms with Gasteiger partial charge in [0.05, 0.1) is 18.8 Å². The number of ether oxygens (including phenoxy) is 4. The lowest BCUT2D eigenvalue weighted by atomic mass is 9.76. The van der Waals surface area contributed by atoms with Crippen molar-refractivity contribution in [2.45, 2.75) is 128 Å². The zero-order valence-corrected chi connectivity index (χ0v) is 38.8. The minimum absolute atomic E-state index is 0.0415. The fraction of sp³-hybridized carbons (Fsp3) is 0.446. The normalized spacial score (nSPS) is 22.0. The topological polar surface area (TPSA) is 142 Å². The smallest absolute Gasteiger partial charge is 0.340 e. The van der Waals surface area contributed by atoms with Crippen molar-refractivity contribution in [2.75, 3.05) is 20.3 Å². The van der Waals surface area contributed by atoms with E-state index in [1.54, 1.807) is 12.1 Å². The molecule has 3 aliphatic heterocycles. The molecule has 348 valence electrons. The molecule has 10 nitrogen and oxygen atoms in total. The number of aliphatic hydroxyl groups is 2. The molecule has 4 heterocycles. The van der Waals surface area contributed by atoms with Crippen molar-refractivity contribution in [3.05, 3.63) is 157 Å². The molecule has 1 saturated carbocycles. The Morgan fingerprint density at radius 3 is 2.27 bits per heavy atom. The highest BCUT2D eigenvalue weighted by molar-refractivity contribution is 5.90. The Kier molecular flexibility index (Phi) is 14.9. The van der Waals surface area contributed by atoms with Gasteiger partial charge in [-0.25, -0.2) is 9.59 Å². The molecule has 9 rings (SSSR count). The van der Waals surface area contributed by atoms with E-state index in [9.17, 15) is 24.6 Å². The van der Waals surface area contributed by atoms with Gasteiger partial charge in [-0.05, 0) is 130 Å². The minimum atomic E-state index is -1.23. The Morgan fingerprint density at radius 2 is 1.56 bits per heavy atom. The number of benzene rings is 4. The van der Waals surface area contributed by atoms with E-state index in [1.807, 2.05) is 26.8 Å². The first-order valence-electron chi connectivity index (χ1n) is 23.8. The molecule has 2 bridgehead atoms. The van der Waals surface area contributed by atoms with Crippen LogP contribution in [0.4, 0.5) is 0 Å². The van der Waals surface area contributed by atoms with Gasteiger partial charge in [-0.2, -0.15) is 0 Å². The van der Waals surface area contributed by atoms with Gasteiger partial charge in [-0.3, -0.25) is 4.79 Å². The molecular formula is C56H64O10. The molecule has 66 heavy (non-hydrogen) atoms. The van der Waals surface area contributed by atoms with Crippen LogP contribution in [0.1, 0.15) is 129 Å². The molecule has 1 aliphatic carbocycles. The number of aryl methyl sites for hydroxylation is 2. The third kappa shape index (κ3) is 10.2. The summed E-state index contributed by atoms with van der Waals surface area (Å²) < 4.78 is 32.2. The number of methoxy groups -OCH3 is 1. The molecule has 2 N–H and O–H groups in total. The largest absolute Gasteiger partial charge is 0.483 e. The minimum Gasteiger partial charge on any atom is -0.483 e. The van der Waals surface area contributed by atoms with Gasteiger partial charge in [0.1, 0.15) is 16.9 Å². The summed E-state index contributed by atoms with van der Waals surface area (Å²) in [6, 6.07) is 31.1. The summed E-state index contributed by atoms with van der Waals surface area (Å²) in [5.41, 5.74) is 6.29. The Balaban J connectivity index is 1.23. The monoisotopic (exact) mass is 896 g/mol. The third-order valence-electron chi connectivity index (χ3n) is 14.3. The highest BCUT2D eigenvalue weighted by atomic mass is 16.6. The van der Waals surface area contributed by atoms with Gasteiger partial charge in [0, 0.05) is 48.5 Å². The number of rotatable bonds is 12. The number of aliphatic hydroxyl groups excluding tert-OH is 2. The van der Waals surface area contributed by atoms with Crippen LogP contribution in [-0.2, 0) is 56.1 Å². The van der Waals surface area contributed by atoms with Crippen LogP contribution in [0, 0.1) is 11.8 Å². The van der Waals surface area contributed by atoms with Crippen molar-refractivity contribution < 1.29 is 43.2 Å². The zero-order chi connectivity index (χ0) is 46.4. The van der Waals surface area contributed by atoms with Crippen molar-refractivity contribution in [3.8, 4) is 5.75 Å². The lowest BCUT2D eigenvalue weighted by molar-refractivity contribution is -0.199. The SMILES string of the molecule is COC[C@@H](CCO)c1c(CO)c2ccc3c(c2oc1=O)[C@H]1OC(=O)C[C@H](CCc2cccc(Cc4ccccc4)c2)Cc2ccc(cc2)CCC(=C(C)C)C(=O)O[C@@H]1[C@](C)(C1CCCC1)O3. The Bertz CT molecular complexity index is 2580. The van der Waals surface area contributed by atoms with Crippen molar-refractivity contribution >= 4 is 22.9 Å². The molecule has 1 fully saturated rings. The number of hydrogen-bond acceptors (Lipinski definition) is 10. The van der Waals surface area contributed by atoms with Gasteiger partial charge in [-0.15, -0.1) is 0 Å². The lowest BCUT2D eigenvalue weighted by Gasteiger charge is -2.48. The molecule has 0 unspecified atom stereocenters. The number of carbonyl (C=O) groups excluding carboxylic acids is 2. The quantitative estimate of drug-likeness (QED) is 0.0706.